The van der Waals surface area contributed by atoms with Crippen molar-refractivity contribution in [1.29, 1.82) is 0 Å². The molecule has 5 nitrogen and oxygen atoms in total. The van der Waals surface area contributed by atoms with Gasteiger partial charge in [-0.25, -0.2) is 4.98 Å². The van der Waals surface area contributed by atoms with E-state index >= 15 is 0 Å². The molecule has 0 amide bonds. The molecule has 0 N–H and O–H groups in total. The Balaban J connectivity index is 0.00000553. The van der Waals surface area contributed by atoms with Gasteiger partial charge in [-0.1, -0.05) is 160 Å². The minimum Gasteiger partial charge on any atom is -0.509 e. The Morgan fingerprint density at radius 2 is 1.23 bits per heavy atom. The van der Waals surface area contributed by atoms with Crippen molar-refractivity contribution >= 4 is 44.6 Å². The third kappa shape index (κ3) is 7.46. The van der Waals surface area contributed by atoms with Crippen LogP contribution in [0.1, 0.15) is 33.2 Å². The first-order valence-electron chi connectivity index (χ1n) is 23.5. The van der Waals surface area contributed by atoms with Gasteiger partial charge < -0.3 is 19.1 Å². The smallest absolute Gasteiger partial charge is 0.135 e. The molecule has 314 valence electrons. The van der Waals surface area contributed by atoms with Crippen molar-refractivity contribution in [2.75, 3.05) is 9.80 Å². The van der Waals surface area contributed by atoms with Gasteiger partial charge in [0.25, 0.3) is 0 Å². The van der Waals surface area contributed by atoms with Crippen LogP contribution in [-0.4, -0.2) is 9.55 Å². The van der Waals surface area contributed by atoms with Gasteiger partial charge in [-0.15, -0.1) is 48.1 Å². The minimum absolute atomic E-state index is 0. The predicted octanol–water partition coefficient (Wildman–Crippen LogP) is 15.3. The Labute approximate surface area is 396 Å². The van der Waals surface area contributed by atoms with Crippen molar-refractivity contribution in [3.05, 3.63) is 225 Å². The van der Waals surface area contributed by atoms with Crippen LogP contribution in [0.15, 0.2) is 200 Å². The fourth-order valence-electron chi connectivity index (χ4n) is 8.51. The van der Waals surface area contributed by atoms with E-state index in [-0.39, 0.29) is 44.1 Å². The van der Waals surface area contributed by atoms with E-state index in [0.717, 1.165) is 61.3 Å². The predicted molar refractivity (Wildman–Crippen MR) is 259 cm³/mol. The Morgan fingerprint density at radius 3 is 2.02 bits per heavy atom. The van der Waals surface area contributed by atoms with Gasteiger partial charge in [0.2, 0.25) is 0 Å². The van der Waals surface area contributed by atoms with Gasteiger partial charge in [0.05, 0.1) is 6.85 Å². The van der Waals surface area contributed by atoms with E-state index in [2.05, 4.69) is 104 Å². The summed E-state index contributed by atoms with van der Waals surface area (Å²) in [5, 5.41) is 2.13. The molecule has 0 spiro atoms. The maximum absolute atomic E-state index is 9.10. The number of para-hydroxylation sites is 4. The zero-order chi connectivity index (χ0) is 46.8. The first-order valence-corrected chi connectivity index (χ1v) is 21.0. The standard InChI is InChI=1S/C58H43N4O.Pt/c1-58(2,3)44-34-35-59-56(36-44)62-52-25-11-10-22-50(52)51-33-32-47(38-55(51)62)63-46-21-14-20-45(37-46)60-39-61(54-27-13-12-26-53(54)60)57-48(42-18-8-5-9-19-42)23-15-24-49(57)43-30-28-41(29-31-43)40-16-6-4-7-17-40;/h4-36,39H,1-3H3;/q-3;/i5D,8D,9D,18D,19D;. The second-order valence-electron chi connectivity index (χ2n) is 16.6. The minimum atomic E-state index is -0.442. The van der Waals surface area contributed by atoms with Crippen LogP contribution in [0.3, 0.4) is 0 Å². The molecule has 0 atom stereocenters. The molecule has 1 aliphatic heterocycles. The molecule has 10 aromatic rings. The molecule has 0 fully saturated rings. The molecular formula is C58H43N4OPt-3. The molecule has 2 aromatic heterocycles. The normalized spacial score (nSPS) is 13.5. The number of rotatable bonds is 8. The monoisotopic (exact) mass is 1010 g/mol. The van der Waals surface area contributed by atoms with Crippen LogP contribution in [0.25, 0.3) is 61.0 Å². The Bertz CT molecular complexity index is 3560. The molecule has 0 unspecified atom stereocenters. The van der Waals surface area contributed by atoms with Crippen LogP contribution in [0.5, 0.6) is 11.5 Å². The van der Waals surface area contributed by atoms with Gasteiger partial charge in [0.1, 0.15) is 5.82 Å². The van der Waals surface area contributed by atoms with Crippen molar-refractivity contribution in [2.24, 2.45) is 0 Å². The van der Waals surface area contributed by atoms with E-state index in [1.165, 1.54) is 5.56 Å². The molecule has 0 aliphatic carbocycles. The van der Waals surface area contributed by atoms with E-state index in [1.54, 1.807) is 0 Å². The number of nitrogens with zero attached hydrogens (tertiary/aromatic N) is 4. The fraction of sp³-hybridized carbons (Fsp3) is 0.0690. The quantitative estimate of drug-likeness (QED) is 0.142. The number of hydrogen-bond acceptors (Lipinski definition) is 4. The first kappa shape index (κ1) is 35.3. The van der Waals surface area contributed by atoms with Crippen molar-refractivity contribution in [3.63, 3.8) is 0 Å². The fourth-order valence-corrected chi connectivity index (χ4v) is 8.51. The summed E-state index contributed by atoms with van der Waals surface area (Å²) in [5.41, 5.74) is 10.5. The third-order valence-electron chi connectivity index (χ3n) is 11.6. The van der Waals surface area contributed by atoms with Crippen LogP contribution >= 0.6 is 0 Å². The average Bonchev–Trinajstić information content (AvgIpc) is 3.91. The molecule has 3 heterocycles. The van der Waals surface area contributed by atoms with E-state index in [0.29, 0.717) is 28.4 Å². The van der Waals surface area contributed by atoms with Crippen LogP contribution in [0, 0.1) is 18.8 Å². The van der Waals surface area contributed by atoms with E-state index in [1.807, 2.05) is 120 Å². The number of benzene rings is 8. The molecule has 0 saturated carbocycles. The SMILES string of the molecule is [2H]c1c([2H])c([2H])c(-c2cccc(-c3ccc(-c4ccccc4)cc3)c2N2[CH-]N(c3[c-]c(Oc4[c-]c5c(cc4)c4ccccc4n5-c4cc(C(C)(C)C)ccn4)ccc3)c3ccccc32)c([2H])c1[2H].[Pt]. The van der Waals surface area contributed by atoms with Crippen molar-refractivity contribution in [2.45, 2.75) is 26.2 Å². The first-order chi connectivity index (χ1) is 32.9. The number of fused-ring (bicyclic) bond motifs is 4. The number of aromatic nitrogens is 2. The summed E-state index contributed by atoms with van der Waals surface area (Å²) in [6, 6.07) is 59.8. The largest absolute Gasteiger partial charge is 0.509 e. The number of hydrogen-bond donors (Lipinski definition) is 0. The second-order valence-corrected chi connectivity index (χ2v) is 16.6. The summed E-state index contributed by atoms with van der Waals surface area (Å²) in [6.07, 6.45) is 1.87. The summed E-state index contributed by atoms with van der Waals surface area (Å²) in [7, 11) is 0. The molecule has 8 aromatic carbocycles. The zero-order valence-electron chi connectivity index (χ0n) is 40.3. The maximum Gasteiger partial charge on any atom is 0.135 e. The molecular weight excluding hydrogens is 964 g/mol. The number of ether oxygens (including phenoxy) is 1. The van der Waals surface area contributed by atoms with E-state index in [9.17, 15) is 0 Å². The Hall–Kier alpha value is -7.20. The van der Waals surface area contributed by atoms with Gasteiger partial charge in [-0.05, 0) is 69.0 Å². The molecule has 6 heteroatoms. The summed E-state index contributed by atoms with van der Waals surface area (Å²) >= 11 is 0. The van der Waals surface area contributed by atoms with E-state index in [4.69, 9.17) is 16.6 Å². The zero-order valence-corrected chi connectivity index (χ0v) is 37.5. The molecule has 64 heavy (non-hydrogen) atoms. The van der Waals surface area contributed by atoms with Gasteiger partial charge in [-0.3, -0.25) is 0 Å². The van der Waals surface area contributed by atoms with E-state index < -0.39 is 18.1 Å². The molecule has 0 bridgehead atoms. The van der Waals surface area contributed by atoms with Crippen LogP contribution in [0.4, 0.5) is 22.7 Å². The average molecular weight is 1010 g/mol. The molecule has 11 rings (SSSR count). The molecule has 0 saturated heterocycles. The summed E-state index contributed by atoms with van der Waals surface area (Å²) in [4.78, 5) is 8.90. The maximum atomic E-state index is 9.10. The molecule has 1 aliphatic rings. The number of anilines is 4. The summed E-state index contributed by atoms with van der Waals surface area (Å²) in [5.74, 6) is 1.81. The van der Waals surface area contributed by atoms with Crippen molar-refractivity contribution < 1.29 is 32.7 Å². The van der Waals surface area contributed by atoms with Gasteiger partial charge in [0.15, 0.2) is 0 Å². The van der Waals surface area contributed by atoms with Gasteiger partial charge >= 0.3 is 0 Å². The van der Waals surface area contributed by atoms with Crippen LogP contribution in [-0.2, 0) is 26.5 Å². The summed E-state index contributed by atoms with van der Waals surface area (Å²) < 4.78 is 52.6. The van der Waals surface area contributed by atoms with Crippen molar-refractivity contribution in [3.8, 4) is 50.7 Å². The van der Waals surface area contributed by atoms with Gasteiger partial charge in [0, 0.05) is 72.5 Å². The topological polar surface area (TPSA) is 33.5 Å². The van der Waals surface area contributed by atoms with Crippen LogP contribution < -0.4 is 14.5 Å². The second kappa shape index (κ2) is 16.8. The van der Waals surface area contributed by atoms with Crippen LogP contribution in [0.2, 0.25) is 0 Å². The Kier molecular flexibility index (Phi) is 9.27. The Morgan fingerprint density at radius 1 is 0.578 bits per heavy atom. The summed E-state index contributed by atoms with van der Waals surface area (Å²) in [6.45, 7) is 8.56. The van der Waals surface area contributed by atoms with Crippen molar-refractivity contribution in [1.82, 2.24) is 9.55 Å². The third-order valence-corrected chi connectivity index (χ3v) is 11.6. The number of pyridine rings is 1. The van der Waals surface area contributed by atoms with Gasteiger partial charge in [-0.2, -0.15) is 12.1 Å². The molecule has 0 radical (unpaired) electrons.